The summed E-state index contributed by atoms with van der Waals surface area (Å²) in [7, 11) is -3.44. The van der Waals surface area contributed by atoms with Gasteiger partial charge in [0.05, 0.1) is 15.8 Å². The zero-order valence-electron chi connectivity index (χ0n) is 11.7. The highest BCUT2D eigenvalue weighted by atomic mass is 35.5. The highest BCUT2D eigenvalue weighted by Gasteiger charge is 2.27. The van der Waals surface area contributed by atoms with Gasteiger partial charge in [-0.3, -0.25) is 0 Å². The predicted octanol–water partition coefficient (Wildman–Crippen LogP) is 2.93. The van der Waals surface area contributed by atoms with Crippen LogP contribution in [0.1, 0.15) is 31.2 Å². The molecule has 1 saturated carbocycles. The van der Waals surface area contributed by atoms with Crippen molar-refractivity contribution in [2.45, 2.75) is 37.5 Å². The zero-order valence-corrected chi connectivity index (χ0v) is 14.0. The second-order valence-electron chi connectivity index (χ2n) is 5.51. The molecule has 3 N–H and O–H groups in total. The summed E-state index contributed by atoms with van der Waals surface area (Å²) in [5, 5.41) is 0.770. The number of benzene rings is 1. The third kappa shape index (κ3) is 4.83. The molecule has 1 atom stereocenters. The van der Waals surface area contributed by atoms with E-state index in [1.54, 1.807) is 18.2 Å². The second kappa shape index (κ2) is 7.29. The van der Waals surface area contributed by atoms with Crippen molar-refractivity contribution >= 4 is 33.2 Å². The molecule has 1 aliphatic rings. The molecule has 0 heterocycles. The van der Waals surface area contributed by atoms with Gasteiger partial charge in [-0.15, -0.1) is 0 Å². The van der Waals surface area contributed by atoms with Gasteiger partial charge in [0.15, 0.2) is 0 Å². The lowest BCUT2D eigenvalue weighted by Crippen LogP contribution is -2.44. The molecule has 0 aromatic heterocycles. The average molecular weight is 351 g/mol. The number of nitrogens with two attached hydrogens (primary N) is 1. The molecule has 118 valence electrons. The van der Waals surface area contributed by atoms with E-state index < -0.39 is 10.0 Å². The largest absolute Gasteiger partial charge is 0.329 e. The molecule has 1 aromatic carbocycles. The van der Waals surface area contributed by atoms with Gasteiger partial charge >= 0.3 is 0 Å². The highest BCUT2D eigenvalue weighted by molar-refractivity contribution is 7.88. The molecule has 0 radical (unpaired) electrons. The van der Waals surface area contributed by atoms with Gasteiger partial charge in [0.2, 0.25) is 10.0 Å². The lowest BCUT2D eigenvalue weighted by molar-refractivity contribution is 0.405. The average Bonchev–Trinajstić information content (AvgIpc) is 2.94. The van der Waals surface area contributed by atoms with Gasteiger partial charge in [-0.1, -0.05) is 42.1 Å². The fraction of sp³-hybridized carbons (Fsp3) is 0.571. The Morgan fingerprint density at radius 3 is 2.48 bits per heavy atom. The minimum absolute atomic E-state index is 0.118. The third-order valence-electron chi connectivity index (χ3n) is 3.89. The molecule has 21 heavy (non-hydrogen) atoms. The third-order valence-corrected chi connectivity index (χ3v) is 6.01. The van der Waals surface area contributed by atoms with Crippen LogP contribution in [0.15, 0.2) is 18.2 Å². The Bertz CT molecular complexity index is 587. The molecule has 0 saturated heterocycles. The van der Waals surface area contributed by atoms with Crippen LogP contribution in [0.25, 0.3) is 0 Å². The Balaban J connectivity index is 2.04. The summed E-state index contributed by atoms with van der Waals surface area (Å²) in [6.07, 6.45) is 4.37. The summed E-state index contributed by atoms with van der Waals surface area (Å²) in [6.45, 7) is 0.325. The van der Waals surface area contributed by atoms with E-state index in [0.717, 1.165) is 25.7 Å². The van der Waals surface area contributed by atoms with E-state index in [9.17, 15) is 8.42 Å². The van der Waals surface area contributed by atoms with Crippen molar-refractivity contribution in [3.8, 4) is 0 Å². The minimum Gasteiger partial charge on any atom is -0.329 e. The molecule has 4 nitrogen and oxygen atoms in total. The van der Waals surface area contributed by atoms with Crippen LogP contribution < -0.4 is 10.5 Å². The maximum absolute atomic E-state index is 12.3. The Kier molecular flexibility index (Phi) is 5.91. The molecule has 2 rings (SSSR count). The molecule has 1 aromatic rings. The molecule has 0 spiro atoms. The van der Waals surface area contributed by atoms with Crippen molar-refractivity contribution in [2.75, 3.05) is 6.54 Å². The van der Waals surface area contributed by atoms with Gasteiger partial charge < -0.3 is 5.73 Å². The summed E-state index contributed by atoms with van der Waals surface area (Å²) >= 11 is 11.7. The van der Waals surface area contributed by atoms with E-state index in [1.165, 1.54) is 0 Å². The van der Waals surface area contributed by atoms with E-state index in [0.29, 0.717) is 28.1 Å². The first-order valence-corrected chi connectivity index (χ1v) is 9.46. The molecular weight excluding hydrogens is 331 g/mol. The van der Waals surface area contributed by atoms with Crippen molar-refractivity contribution in [3.05, 3.63) is 33.8 Å². The second-order valence-corrected chi connectivity index (χ2v) is 8.08. The van der Waals surface area contributed by atoms with Crippen molar-refractivity contribution in [3.63, 3.8) is 0 Å². The van der Waals surface area contributed by atoms with Gasteiger partial charge in [-0.05, 0) is 36.5 Å². The van der Waals surface area contributed by atoms with Gasteiger partial charge in [-0.25, -0.2) is 13.1 Å². The molecular formula is C14H20Cl2N2O2S. The first kappa shape index (κ1) is 17.0. The van der Waals surface area contributed by atoms with Crippen LogP contribution >= 0.6 is 23.2 Å². The van der Waals surface area contributed by atoms with Gasteiger partial charge in [-0.2, -0.15) is 0 Å². The van der Waals surface area contributed by atoms with Crippen molar-refractivity contribution in [1.82, 2.24) is 4.72 Å². The van der Waals surface area contributed by atoms with Gasteiger partial charge in [0.1, 0.15) is 0 Å². The van der Waals surface area contributed by atoms with E-state index in [4.69, 9.17) is 28.9 Å². The van der Waals surface area contributed by atoms with E-state index in [1.807, 2.05) is 0 Å². The number of sulfonamides is 1. The monoisotopic (exact) mass is 350 g/mol. The SMILES string of the molecule is NCC(NS(=O)(=O)Cc1ccc(Cl)c(Cl)c1)C1CCCC1. The molecule has 0 aliphatic heterocycles. The quantitative estimate of drug-likeness (QED) is 0.828. The van der Waals surface area contributed by atoms with Crippen molar-refractivity contribution in [2.24, 2.45) is 11.7 Å². The van der Waals surface area contributed by atoms with Crippen LogP contribution in [0.3, 0.4) is 0 Å². The Morgan fingerprint density at radius 1 is 1.24 bits per heavy atom. The smallest absolute Gasteiger partial charge is 0.216 e. The van der Waals surface area contributed by atoms with Crippen molar-refractivity contribution < 1.29 is 8.42 Å². The Hall–Kier alpha value is -0.330. The van der Waals surface area contributed by atoms with Crippen LogP contribution in [-0.4, -0.2) is 21.0 Å². The Labute approximate surface area is 136 Å². The normalized spacial score (nSPS) is 18.0. The fourth-order valence-corrected chi connectivity index (χ4v) is 4.59. The predicted molar refractivity (Wildman–Crippen MR) is 87.0 cm³/mol. The first-order valence-electron chi connectivity index (χ1n) is 7.05. The van der Waals surface area contributed by atoms with Crippen molar-refractivity contribution in [1.29, 1.82) is 0 Å². The van der Waals surface area contributed by atoms with Gasteiger partial charge in [0, 0.05) is 12.6 Å². The number of rotatable bonds is 6. The van der Waals surface area contributed by atoms with Crippen LogP contribution in [0.2, 0.25) is 10.0 Å². The number of nitrogens with one attached hydrogen (secondary N) is 1. The topological polar surface area (TPSA) is 72.2 Å². The zero-order chi connectivity index (χ0) is 15.5. The molecule has 1 aliphatic carbocycles. The van der Waals surface area contributed by atoms with E-state index in [2.05, 4.69) is 4.72 Å². The maximum Gasteiger partial charge on any atom is 0.216 e. The summed E-state index contributed by atoms with van der Waals surface area (Å²) in [4.78, 5) is 0. The lowest BCUT2D eigenvalue weighted by Gasteiger charge is -2.23. The standard InChI is InChI=1S/C14H20Cl2N2O2S/c15-12-6-5-10(7-13(12)16)9-21(19,20)18-14(8-17)11-3-1-2-4-11/h5-7,11,14,18H,1-4,8-9,17H2. The number of hydrogen-bond donors (Lipinski definition) is 2. The van der Waals surface area contributed by atoms with Crippen LogP contribution in [0.5, 0.6) is 0 Å². The molecule has 1 fully saturated rings. The summed E-state index contributed by atoms with van der Waals surface area (Å²) in [6, 6.07) is 4.67. The number of hydrogen-bond acceptors (Lipinski definition) is 3. The summed E-state index contributed by atoms with van der Waals surface area (Å²) in [5.74, 6) is 0.228. The first-order chi connectivity index (χ1) is 9.91. The van der Waals surface area contributed by atoms with Crippen LogP contribution in [-0.2, 0) is 15.8 Å². The molecule has 7 heteroatoms. The van der Waals surface area contributed by atoms with E-state index in [-0.39, 0.29) is 11.8 Å². The molecule has 1 unspecified atom stereocenters. The highest BCUT2D eigenvalue weighted by Crippen LogP contribution is 2.28. The maximum atomic E-state index is 12.3. The summed E-state index contributed by atoms with van der Waals surface area (Å²) in [5.41, 5.74) is 6.34. The Morgan fingerprint density at radius 2 is 1.90 bits per heavy atom. The van der Waals surface area contributed by atoms with Crippen LogP contribution in [0, 0.1) is 5.92 Å². The lowest BCUT2D eigenvalue weighted by atomic mass is 9.99. The fourth-order valence-electron chi connectivity index (χ4n) is 2.82. The summed E-state index contributed by atoms with van der Waals surface area (Å²) < 4.78 is 27.3. The van der Waals surface area contributed by atoms with Gasteiger partial charge in [0.25, 0.3) is 0 Å². The molecule has 0 bridgehead atoms. The van der Waals surface area contributed by atoms with E-state index >= 15 is 0 Å². The minimum atomic E-state index is -3.44. The molecule has 0 amide bonds. The van der Waals surface area contributed by atoms with Crippen LogP contribution in [0.4, 0.5) is 0 Å². The number of halogens is 2.